The first kappa shape index (κ1) is 29.6. The third-order valence-corrected chi connectivity index (χ3v) is 8.94. The smallest absolute Gasteiger partial charge is 0.313 e. The summed E-state index contributed by atoms with van der Waals surface area (Å²) in [4.78, 5) is 0. The molecular weight excluding hydrogens is 493 g/mol. The van der Waals surface area contributed by atoms with Gasteiger partial charge in [-0.05, 0) is 124 Å². The second-order valence-electron chi connectivity index (χ2n) is 11.6. The van der Waals surface area contributed by atoms with Crippen molar-refractivity contribution in [3.05, 3.63) is 95.1 Å². The fraction of sp³-hybridized carbons (Fsp3) is 0.543. The highest BCUT2D eigenvalue weighted by molar-refractivity contribution is 5.28. The van der Waals surface area contributed by atoms with Gasteiger partial charge in [0, 0.05) is 0 Å². The van der Waals surface area contributed by atoms with Gasteiger partial charge < -0.3 is 4.74 Å². The molecule has 1 atom stereocenters. The second-order valence-corrected chi connectivity index (χ2v) is 11.6. The number of alkyl halides is 3. The van der Waals surface area contributed by atoms with Crippen LogP contribution >= 0.6 is 0 Å². The molecule has 39 heavy (non-hydrogen) atoms. The molecule has 0 bridgehead atoms. The Hall–Kier alpha value is -2.33. The van der Waals surface area contributed by atoms with E-state index in [1.54, 1.807) is 0 Å². The molecule has 4 heteroatoms. The maximum Gasteiger partial charge on any atom is 0.391 e. The first-order chi connectivity index (χ1) is 18.9. The lowest BCUT2D eigenvalue weighted by atomic mass is 9.77. The number of benzene rings is 2. The Labute approximate surface area is 233 Å². The highest BCUT2D eigenvalue weighted by Gasteiger charge is 2.43. The van der Waals surface area contributed by atoms with Gasteiger partial charge in [-0.2, -0.15) is 8.78 Å². The molecule has 2 aromatic rings. The average molecular weight is 539 g/mol. The van der Waals surface area contributed by atoms with Gasteiger partial charge in [-0.3, -0.25) is 0 Å². The zero-order valence-electron chi connectivity index (χ0n) is 23.6. The van der Waals surface area contributed by atoms with Crippen LogP contribution in [0.25, 0.3) is 0 Å². The third-order valence-electron chi connectivity index (χ3n) is 8.94. The fourth-order valence-corrected chi connectivity index (χ4v) is 6.47. The zero-order valence-corrected chi connectivity index (χ0v) is 23.6. The summed E-state index contributed by atoms with van der Waals surface area (Å²) in [5.74, 6) is 2.38. The summed E-state index contributed by atoms with van der Waals surface area (Å²) < 4.78 is 49.1. The van der Waals surface area contributed by atoms with E-state index in [2.05, 4.69) is 31.2 Å². The highest BCUT2D eigenvalue weighted by atomic mass is 19.3. The summed E-state index contributed by atoms with van der Waals surface area (Å²) in [6.45, 7) is 3.80. The molecule has 0 N–H and O–H groups in total. The first-order valence-corrected chi connectivity index (χ1v) is 15.0. The minimum atomic E-state index is -3.89. The van der Waals surface area contributed by atoms with Crippen LogP contribution in [0.15, 0.2) is 72.8 Å². The van der Waals surface area contributed by atoms with Gasteiger partial charge in [-0.15, -0.1) is 0 Å². The molecule has 0 aromatic heterocycles. The Morgan fingerprint density at radius 2 is 1.36 bits per heavy atom. The number of ether oxygens (including phenoxy) is 1. The molecule has 2 fully saturated rings. The lowest BCUT2D eigenvalue weighted by Crippen LogP contribution is -2.27. The zero-order chi connectivity index (χ0) is 27.7. The van der Waals surface area contributed by atoms with Crippen LogP contribution in [0.1, 0.15) is 118 Å². The molecule has 0 radical (unpaired) electrons. The highest BCUT2D eigenvalue weighted by Crippen LogP contribution is 2.40. The largest absolute Gasteiger partial charge is 0.391 e. The Morgan fingerprint density at radius 1 is 0.795 bits per heavy atom. The lowest BCUT2D eigenvalue weighted by Gasteiger charge is -2.28. The summed E-state index contributed by atoms with van der Waals surface area (Å²) >= 11 is 0. The molecule has 2 saturated carbocycles. The minimum Gasteiger partial charge on any atom is -0.313 e. The van der Waals surface area contributed by atoms with Crippen molar-refractivity contribution in [1.82, 2.24) is 0 Å². The number of rotatable bonds is 11. The Morgan fingerprint density at radius 3 is 1.92 bits per heavy atom. The standard InChI is InChI=1S/C35H45F3O/c1-3-5-6-8-27-11-17-29(18-12-27)31-19-13-28(14-20-31)25-39-35(37,38)34(36)33-23-21-32(22-24-33)30-15-9-26(7-4-2)10-16-30/h3-5,7,13-14,19-24,26-27,29-30,34H,6,8-12,15-18,25H2,1-2H3/b5-3+,7-4+. The normalized spacial score (nSPS) is 25.4. The monoisotopic (exact) mass is 538 g/mol. The summed E-state index contributed by atoms with van der Waals surface area (Å²) in [5, 5.41) is 0. The maximum absolute atomic E-state index is 14.9. The predicted molar refractivity (Wildman–Crippen MR) is 155 cm³/mol. The van der Waals surface area contributed by atoms with Crippen LogP contribution in [-0.2, 0) is 11.3 Å². The Balaban J connectivity index is 1.25. The van der Waals surface area contributed by atoms with E-state index in [1.807, 2.05) is 43.3 Å². The fourth-order valence-electron chi connectivity index (χ4n) is 6.47. The van der Waals surface area contributed by atoms with Gasteiger partial charge in [-0.1, -0.05) is 72.8 Å². The number of allylic oxidation sites excluding steroid dienone is 4. The molecule has 0 heterocycles. The Kier molecular flexibility index (Phi) is 10.9. The Bertz CT molecular complexity index is 1040. The number of hydrogen-bond donors (Lipinski definition) is 0. The molecule has 2 aliphatic carbocycles. The van der Waals surface area contributed by atoms with Crippen molar-refractivity contribution in [2.24, 2.45) is 11.8 Å². The van der Waals surface area contributed by atoms with Crippen LogP contribution in [-0.4, -0.2) is 6.11 Å². The molecule has 1 unspecified atom stereocenters. The molecular formula is C35H45F3O. The molecule has 0 amide bonds. The van der Waals surface area contributed by atoms with Gasteiger partial charge in [0.05, 0.1) is 6.61 Å². The van der Waals surface area contributed by atoms with Gasteiger partial charge in [0.25, 0.3) is 0 Å². The van der Waals surface area contributed by atoms with Crippen molar-refractivity contribution >= 4 is 0 Å². The van der Waals surface area contributed by atoms with E-state index in [0.29, 0.717) is 23.3 Å². The van der Waals surface area contributed by atoms with E-state index in [9.17, 15) is 13.2 Å². The van der Waals surface area contributed by atoms with Crippen LogP contribution < -0.4 is 0 Å². The van der Waals surface area contributed by atoms with Crippen LogP contribution in [0.3, 0.4) is 0 Å². The molecule has 0 saturated heterocycles. The van der Waals surface area contributed by atoms with Gasteiger partial charge >= 0.3 is 6.11 Å². The van der Waals surface area contributed by atoms with Crippen molar-refractivity contribution in [3.8, 4) is 0 Å². The molecule has 4 rings (SSSR count). The predicted octanol–water partition coefficient (Wildman–Crippen LogP) is 11.0. The van der Waals surface area contributed by atoms with Crippen molar-refractivity contribution in [1.29, 1.82) is 0 Å². The lowest BCUT2D eigenvalue weighted by molar-refractivity contribution is -0.282. The van der Waals surface area contributed by atoms with Gasteiger partial charge in [0.15, 0.2) is 0 Å². The summed E-state index contributed by atoms with van der Waals surface area (Å²) in [6.07, 6.45) is 14.0. The first-order valence-electron chi connectivity index (χ1n) is 15.0. The van der Waals surface area contributed by atoms with E-state index in [-0.39, 0.29) is 12.2 Å². The van der Waals surface area contributed by atoms with Crippen LogP contribution in [0.4, 0.5) is 13.2 Å². The van der Waals surface area contributed by atoms with Crippen molar-refractivity contribution in [2.45, 2.75) is 109 Å². The van der Waals surface area contributed by atoms with Crippen molar-refractivity contribution < 1.29 is 17.9 Å². The minimum absolute atomic E-state index is 0.0389. The summed E-state index contributed by atoms with van der Waals surface area (Å²) in [6, 6.07) is 14.4. The van der Waals surface area contributed by atoms with Crippen molar-refractivity contribution in [2.75, 3.05) is 0 Å². The topological polar surface area (TPSA) is 9.23 Å². The third kappa shape index (κ3) is 8.33. The van der Waals surface area contributed by atoms with Gasteiger partial charge in [0.1, 0.15) is 0 Å². The van der Waals surface area contributed by atoms with E-state index < -0.39 is 12.3 Å². The molecule has 0 spiro atoms. The quantitative estimate of drug-likeness (QED) is 0.259. The average Bonchev–Trinajstić information content (AvgIpc) is 2.97. The molecule has 212 valence electrons. The number of hydrogen-bond acceptors (Lipinski definition) is 1. The van der Waals surface area contributed by atoms with Gasteiger partial charge in [0.2, 0.25) is 6.17 Å². The van der Waals surface area contributed by atoms with E-state index in [0.717, 1.165) is 43.6 Å². The summed E-state index contributed by atoms with van der Waals surface area (Å²) in [5.41, 5.74) is 2.96. The molecule has 2 aromatic carbocycles. The van der Waals surface area contributed by atoms with Crippen LogP contribution in [0.5, 0.6) is 0 Å². The van der Waals surface area contributed by atoms with Crippen LogP contribution in [0.2, 0.25) is 0 Å². The molecule has 0 aliphatic heterocycles. The molecule has 2 aliphatic rings. The van der Waals surface area contributed by atoms with E-state index in [1.165, 1.54) is 49.8 Å². The maximum atomic E-state index is 14.9. The van der Waals surface area contributed by atoms with Crippen molar-refractivity contribution in [3.63, 3.8) is 0 Å². The second kappa shape index (κ2) is 14.3. The molecule has 1 nitrogen and oxygen atoms in total. The van der Waals surface area contributed by atoms with Gasteiger partial charge in [-0.25, -0.2) is 4.39 Å². The SMILES string of the molecule is C/C=C/CCC1CCC(c2ccc(COC(F)(F)C(F)c3ccc(C4CCC(/C=C/C)CC4)cc3)cc2)CC1. The summed E-state index contributed by atoms with van der Waals surface area (Å²) in [7, 11) is 0. The van der Waals surface area contributed by atoms with Crippen LogP contribution in [0, 0.1) is 11.8 Å². The number of halogens is 3. The van der Waals surface area contributed by atoms with E-state index >= 15 is 0 Å². The van der Waals surface area contributed by atoms with E-state index in [4.69, 9.17) is 4.74 Å².